The monoisotopic (exact) mass is 179 g/mol. The van der Waals surface area contributed by atoms with E-state index < -0.39 is 11.9 Å². The number of carboxylic acid groups (broad SMARTS) is 1. The molecule has 0 spiro atoms. The Bertz CT molecular complexity index is 474. The van der Waals surface area contributed by atoms with Crippen molar-refractivity contribution < 1.29 is 19.4 Å². The van der Waals surface area contributed by atoms with Crippen LogP contribution in [0.1, 0.15) is 10.6 Å². The van der Waals surface area contributed by atoms with Crippen molar-refractivity contribution >= 4 is 16.9 Å². The lowest BCUT2D eigenvalue weighted by atomic mass is 10.3. The minimum absolute atomic E-state index is 0.160. The van der Waals surface area contributed by atoms with Crippen molar-refractivity contribution in [3.05, 3.63) is 24.1 Å². The van der Waals surface area contributed by atoms with Gasteiger partial charge in [-0.1, -0.05) is 0 Å². The van der Waals surface area contributed by atoms with Gasteiger partial charge in [0.05, 0.1) is 5.39 Å². The Morgan fingerprint density at radius 3 is 3.00 bits per heavy atom. The molecule has 5 nitrogen and oxygen atoms in total. The first-order valence-electron chi connectivity index (χ1n) is 3.50. The average molecular weight is 179 g/mol. The average Bonchev–Trinajstić information content (AvgIpc) is 2.45. The highest BCUT2D eigenvalue weighted by molar-refractivity contribution is 6.01. The number of hydrogen-bond donors (Lipinski definition) is 2. The summed E-state index contributed by atoms with van der Waals surface area (Å²) in [5.74, 6) is -2.00. The zero-order valence-corrected chi connectivity index (χ0v) is 6.39. The number of aromatic hydroxyl groups is 1. The van der Waals surface area contributed by atoms with Crippen LogP contribution in [0.4, 0.5) is 0 Å². The van der Waals surface area contributed by atoms with Gasteiger partial charge in [-0.15, -0.1) is 0 Å². The van der Waals surface area contributed by atoms with Crippen LogP contribution in [-0.2, 0) is 0 Å². The standard InChI is InChI=1S/C8H5NO4/c10-7(11)6-5-4(8(12)13-6)2-1-3-9-5/h1-3,12H,(H,10,11). The van der Waals surface area contributed by atoms with E-state index in [2.05, 4.69) is 9.40 Å². The van der Waals surface area contributed by atoms with Gasteiger partial charge in [0, 0.05) is 6.20 Å². The van der Waals surface area contributed by atoms with E-state index >= 15 is 0 Å². The summed E-state index contributed by atoms with van der Waals surface area (Å²) >= 11 is 0. The van der Waals surface area contributed by atoms with E-state index in [0.29, 0.717) is 5.39 Å². The predicted octanol–water partition coefficient (Wildman–Crippen LogP) is 1.23. The molecule has 0 aliphatic heterocycles. The van der Waals surface area contributed by atoms with E-state index in [1.54, 1.807) is 6.07 Å². The number of nitrogens with zero attached hydrogens (tertiary/aromatic N) is 1. The number of aromatic carboxylic acids is 1. The van der Waals surface area contributed by atoms with Crippen molar-refractivity contribution in [2.24, 2.45) is 0 Å². The Morgan fingerprint density at radius 1 is 1.54 bits per heavy atom. The van der Waals surface area contributed by atoms with Crippen LogP contribution >= 0.6 is 0 Å². The van der Waals surface area contributed by atoms with Crippen molar-refractivity contribution in [1.82, 2.24) is 4.98 Å². The molecule has 2 heterocycles. The Morgan fingerprint density at radius 2 is 2.31 bits per heavy atom. The second-order valence-corrected chi connectivity index (χ2v) is 2.44. The predicted molar refractivity (Wildman–Crippen MR) is 42.6 cm³/mol. The molecule has 0 aliphatic carbocycles. The van der Waals surface area contributed by atoms with Crippen LogP contribution in [-0.4, -0.2) is 21.2 Å². The zero-order chi connectivity index (χ0) is 9.42. The van der Waals surface area contributed by atoms with Crippen molar-refractivity contribution in [1.29, 1.82) is 0 Å². The second-order valence-electron chi connectivity index (χ2n) is 2.44. The molecular weight excluding hydrogens is 174 g/mol. The molecule has 0 radical (unpaired) electrons. The maximum Gasteiger partial charge on any atom is 0.374 e. The van der Waals surface area contributed by atoms with E-state index in [1.807, 2.05) is 0 Å². The van der Waals surface area contributed by atoms with Crippen LogP contribution in [0.3, 0.4) is 0 Å². The molecule has 2 rings (SSSR count). The summed E-state index contributed by atoms with van der Waals surface area (Å²) in [5.41, 5.74) is 0.160. The molecule has 2 aromatic rings. The fourth-order valence-electron chi connectivity index (χ4n) is 1.10. The number of carboxylic acids is 1. The summed E-state index contributed by atoms with van der Waals surface area (Å²) in [6.45, 7) is 0. The molecule has 5 heteroatoms. The van der Waals surface area contributed by atoms with Crippen LogP contribution in [0.5, 0.6) is 5.95 Å². The second kappa shape index (κ2) is 2.48. The summed E-state index contributed by atoms with van der Waals surface area (Å²) < 4.78 is 4.62. The van der Waals surface area contributed by atoms with Crippen molar-refractivity contribution in [2.75, 3.05) is 0 Å². The normalized spacial score (nSPS) is 10.5. The lowest BCUT2D eigenvalue weighted by Gasteiger charge is -1.86. The lowest BCUT2D eigenvalue weighted by molar-refractivity contribution is 0.0658. The van der Waals surface area contributed by atoms with E-state index in [-0.39, 0.29) is 11.3 Å². The van der Waals surface area contributed by atoms with E-state index in [0.717, 1.165) is 0 Å². The zero-order valence-electron chi connectivity index (χ0n) is 6.39. The van der Waals surface area contributed by atoms with Gasteiger partial charge in [-0.2, -0.15) is 0 Å². The molecular formula is C8H5NO4. The molecule has 66 valence electrons. The third kappa shape index (κ3) is 1.01. The van der Waals surface area contributed by atoms with Crippen molar-refractivity contribution in [2.45, 2.75) is 0 Å². The highest BCUT2D eigenvalue weighted by atomic mass is 16.5. The maximum absolute atomic E-state index is 10.6. The van der Waals surface area contributed by atoms with E-state index in [9.17, 15) is 9.90 Å². The van der Waals surface area contributed by atoms with Crippen LogP contribution in [0.25, 0.3) is 10.9 Å². The fraction of sp³-hybridized carbons (Fsp3) is 0. The van der Waals surface area contributed by atoms with Crippen molar-refractivity contribution in [3.8, 4) is 5.95 Å². The Hall–Kier alpha value is -2.04. The first kappa shape index (κ1) is 7.60. The van der Waals surface area contributed by atoms with Crippen LogP contribution in [0.2, 0.25) is 0 Å². The molecule has 0 saturated carbocycles. The van der Waals surface area contributed by atoms with Crippen LogP contribution < -0.4 is 0 Å². The minimum Gasteiger partial charge on any atom is -0.480 e. The quantitative estimate of drug-likeness (QED) is 0.687. The van der Waals surface area contributed by atoms with E-state index in [4.69, 9.17) is 5.11 Å². The van der Waals surface area contributed by atoms with Gasteiger partial charge < -0.3 is 14.6 Å². The largest absolute Gasteiger partial charge is 0.480 e. The third-order valence-electron chi connectivity index (χ3n) is 1.65. The van der Waals surface area contributed by atoms with Gasteiger partial charge in [0.2, 0.25) is 5.76 Å². The summed E-state index contributed by atoms with van der Waals surface area (Å²) in [6, 6.07) is 3.12. The first-order valence-corrected chi connectivity index (χ1v) is 3.50. The van der Waals surface area contributed by atoms with Crippen molar-refractivity contribution in [3.63, 3.8) is 0 Å². The topological polar surface area (TPSA) is 83.6 Å². The van der Waals surface area contributed by atoms with E-state index in [1.165, 1.54) is 12.3 Å². The number of aromatic nitrogens is 1. The Kier molecular flexibility index (Phi) is 1.45. The Labute approximate surface area is 72.2 Å². The number of carbonyl (C=O) groups is 1. The first-order chi connectivity index (χ1) is 6.20. The molecule has 0 bridgehead atoms. The molecule has 0 amide bonds. The van der Waals surface area contributed by atoms with Gasteiger partial charge in [-0.25, -0.2) is 4.79 Å². The molecule has 0 aromatic carbocycles. The summed E-state index contributed by atoms with van der Waals surface area (Å²) in [4.78, 5) is 14.4. The van der Waals surface area contributed by atoms with Gasteiger partial charge in [-0.05, 0) is 12.1 Å². The van der Waals surface area contributed by atoms with Gasteiger partial charge in [0.1, 0.15) is 5.52 Å². The number of fused-ring (bicyclic) bond motifs is 1. The molecule has 0 atom stereocenters. The molecule has 2 N–H and O–H groups in total. The summed E-state index contributed by atoms with van der Waals surface area (Å²) in [5, 5.41) is 18.1. The highest BCUT2D eigenvalue weighted by Gasteiger charge is 2.18. The molecule has 0 unspecified atom stereocenters. The number of furan rings is 1. The smallest absolute Gasteiger partial charge is 0.374 e. The highest BCUT2D eigenvalue weighted by Crippen LogP contribution is 2.28. The number of hydrogen-bond acceptors (Lipinski definition) is 4. The third-order valence-corrected chi connectivity index (χ3v) is 1.65. The minimum atomic E-state index is -1.25. The number of pyridine rings is 1. The SMILES string of the molecule is O=C(O)c1oc(O)c2cccnc12. The Balaban J connectivity index is 2.85. The maximum atomic E-state index is 10.6. The van der Waals surface area contributed by atoms with Crippen LogP contribution in [0.15, 0.2) is 22.7 Å². The van der Waals surface area contributed by atoms with Crippen LogP contribution in [0, 0.1) is 0 Å². The summed E-state index contributed by atoms with van der Waals surface area (Å²) in [7, 11) is 0. The molecule has 2 aromatic heterocycles. The molecule has 0 fully saturated rings. The van der Waals surface area contributed by atoms with Gasteiger partial charge in [0.15, 0.2) is 0 Å². The summed E-state index contributed by atoms with van der Waals surface area (Å²) in [6.07, 6.45) is 1.43. The lowest BCUT2D eigenvalue weighted by Crippen LogP contribution is -1.94. The van der Waals surface area contributed by atoms with Gasteiger partial charge in [0.25, 0.3) is 5.95 Å². The fourth-order valence-corrected chi connectivity index (χ4v) is 1.10. The molecule has 0 aliphatic rings. The molecule has 0 saturated heterocycles. The number of rotatable bonds is 1. The van der Waals surface area contributed by atoms with Gasteiger partial charge >= 0.3 is 5.97 Å². The van der Waals surface area contributed by atoms with Gasteiger partial charge in [-0.3, -0.25) is 4.98 Å². The molecule has 13 heavy (non-hydrogen) atoms.